The summed E-state index contributed by atoms with van der Waals surface area (Å²) in [5.74, 6) is -0.417. The standard InChI is InChI=1S/C15H20FNO2.C7H8FN/c16-14-5-3-13(4-6-14)11-15-12-17(7-1-9-18)8-2-10-19-15;1-9-7-4-2-3-6(8)5-7/h3-6,9,15H,1-2,7-8,10-12H2;2-5,9H,1H3. The number of hydrogen-bond donors (Lipinski definition) is 1. The summed E-state index contributed by atoms with van der Waals surface area (Å²) in [5.41, 5.74) is 1.89. The summed E-state index contributed by atoms with van der Waals surface area (Å²) >= 11 is 0. The molecule has 2 aromatic rings. The van der Waals surface area contributed by atoms with E-state index in [9.17, 15) is 13.6 Å². The van der Waals surface area contributed by atoms with Crippen LogP contribution in [0.15, 0.2) is 48.5 Å². The molecule has 28 heavy (non-hydrogen) atoms. The Balaban J connectivity index is 0.000000261. The summed E-state index contributed by atoms with van der Waals surface area (Å²) in [5, 5.41) is 2.83. The molecule has 0 saturated carbocycles. The lowest BCUT2D eigenvalue weighted by atomic mass is 10.1. The molecule has 1 heterocycles. The van der Waals surface area contributed by atoms with Gasteiger partial charge in [-0.3, -0.25) is 0 Å². The number of nitrogens with zero attached hydrogens (tertiary/aromatic N) is 1. The number of rotatable bonds is 6. The first-order chi connectivity index (χ1) is 13.6. The van der Waals surface area contributed by atoms with Crippen LogP contribution in [0.4, 0.5) is 14.5 Å². The highest BCUT2D eigenvalue weighted by molar-refractivity contribution is 5.49. The van der Waals surface area contributed by atoms with E-state index in [-0.39, 0.29) is 17.7 Å². The van der Waals surface area contributed by atoms with E-state index in [2.05, 4.69) is 10.2 Å². The van der Waals surface area contributed by atoms with E-state index >= 15 is 0 Å². The van der Waals surface area contributed by atoms with Crippen molar-refractivity contribution in [3.8, 4) is 0 Å². The molecule has 2 aromatic carbocycles. The molecular formula is C22H28F2N2O2. The molecule has 152 valence electrons. The molecule has 1 saturated heterocycles. The molecule has 1 aliphatic heterocycles. The van der Waals surface area contributed by atoms with E-state index in [0.717, 1.165) is 56.6 Å². The first-order valence-corrected chi connectivity index (χ1v) is 9.56. The molecule has 4 nitrogen and oxygen atoms in total. The third-order valence-electron chi connectivity index (χ3n) is 4.49. The number of hydrogen-bond acceptors (Lipinski definition) is 4. The molecule has 0 aliphatic carbocycles. The lowest BCUT2D eigenvalue weighted by Crippen LogP contribution is -2.33. The van der Waals surface area contributed by atoms with Gasteiger partial charge in [0.1, 0.15) is 17.9 Å². The van der Waals surface area contributed by atoms with Crippen molar-refractivity contribution in [1.29, 1.82) is 0 Å². The van der Waals surface area contributed by atoms with E-state index in [1.807, 2.05) is 6.07 Å². The number of ether oxygens (including phenoxy) is 1. The van der Waals surface area contributed by atoms with Gasteiger partial charge in [0, 0.05) is 45.4 Å². The van der Waals surface area contributed by atoms with Crippen molar-refractivity contribution in [1.82, 2.24) is 4.90 Å². The third kappa shape index (κ3) is 8.15. The van der Waals surface area contributed by atoms with Crippen molar-refractivity contribution < 1.29 is 18.3 Å². The monoisotopic (exact) mass is 390 g/mol. The third-order valence-corrected chi connectivity index (χ3v) is 4.49. The van der Waals surface area contributed by atoms with Crippen molar-refractivity contribution >= 4 is 12.0 Å². The summed E-state index contributed by atoms with van der Waals surface area (Å²) in [6.07, 6.45) is 3.44. The second-order valence-electron chi connectivity index (χ2n) is 6.69. The molecule has 0 spiro atoms. The molecule has 0 radical (unpaired) electrons. The Bertz CT molecular complexity index is 710. The zero-order valence-corrected chi connectivity index (χ0v) is 16.2. The van der Waals surface area contributed by atoms with Crippen LogP contribution in [0.25, 0.3) is 0 Å². The number of aldehydes is 1. The summed E-state index contributed by atoms with van der Waals surface area (Å²) in [6.45, 7) is 3.37. The van der Waals surface area contributed by atoms with Crippen LogP contribution in [0.1, 0.15) is 18.4 Å². The number of benzene rings is 2. The van der Waals surface area contributed by atoms with Crippen molar-refractivity contribution in [2.45, 2.75) is 25.4 Å². The fourth-order valence-corrected chi connectivity index (χ4v) is 3.06. The van der Waals surface area contributed by atoms with Crippen LogP contribution in [-0.2, 0) is 16.0 Å². The van der Waals surface area contributed by atoms with E-state index in [0.29, 0.717) is 6.42 Å². The van der Waals surface area contributed by atoms with Crippen LogP contribution in [-0.4, -0.2) is 50.6 Å². The van der Waals surface area contributed by atoms with Gasteiger partial charge >= 0.3 is 0 Å². The number of carbonyl (C=O) groups is 1. The van der Waals surface area contributed by atoms with Crippen LogP contribution in [0, 0.1) is 11.6 Å². The predicted molar refractivity (Wildman–Crippen MR) is 108 cm³/mol. The topological polar surface area (TPSA) is 41.6 Å². The van der Waals surface area contributed by atoms with Gasteiger partial charge in [0.2, 0.25) is 0 Å². The Hall–Kier alpha value is -2.31. The second-order valence-corrected chi connectivity index (χ2v) is 6.69. The van der Waals surface area contributed by atoms with Crippen LogP contribution in [0.3, 0.4) is 0 Å². The molecule has 1 atom stereocenters. The number of nitrogens with one attached hydrogen (secondary N) is 1. The van der Waals surface area contributed by atoms with E-state index in [1.54, 1.807) is 25.2 Å². The number of halogens is 2. The predicted octanol–water partition coefficient (Wildman–Crippen LogP) is 3.92. The first kappa shape index (κ1) is 22.0. The zero-order valence-electron chi connectivity index (χ0n) is 16.2. The SMILES string of the molecule is CNc1cccc(F)c1.O=CCCN1CCCOC(Cc2ccc(F)cc2)C1. The van der Waals surface area contributed by atoms with Crippen LogP contribution in [0.2, 0.25) is 0 Å². The zero-order chi connectivity index (χ0) is 20.2. The fraction of sp³-hybridized carbons (Fsp3) is 0.409. The molecule has 0 bridgehead atoms. The van der Waals surface area contributed by atoms with Crippen molar-refractivity contribution in [3.63, 3.8) is 0 Å². The summed E-state index contributed by atoms with van der Waals surface area (Å²) < 4.78 is 31.0. The smallest absolute Gasteiger partial charge is 0.125 e. The molecule has 0 amide bonds. The first-order valence-electron chi connectivity index (χ1n) is 9.56. The Kier molecular flexibility index (Phi) is 9.59. The molecule has 1 aliphatic rings. The Morgan fingerprint density at radius 2 is 1.96 bits per heavy atom. The Labute approximate surface area is 165 Å². The minimum absolute atomic E-state index is 0.125. The minimum Gasteiger partial charge on any atom is -0.388 e. The lowest BCUT2D eigenvalue weighted by molar-refractivity contribution is -0.108. The van der Waals surface area contributed by atoms with Gasteiger partial charge in [-0.25, -0.2) is 8.78 Å². The van der Waals surface area contributed by atoms with Crippen molar-refractivity contribution in [2.75, 3.05) is 38.6 Å². The summed E-state index contributed by atoms with van der Waals surface area (Å²) in [6, 6.07) is 12.9. The summed E-state index contributed by atoms with van der Waals surface area (Å²) in [4.78, 5) is 12.7. The van der Waals surface area contributed by atoms with E-state index in [1.165, 1.54) is 24.3 Å². The van der Waals surface area contributed by atoms with E-state index in [4.69, 9.17) is 4.74 Å². The van der Waals surface area contributed by atoms with Crippen LogP contribution < -0.4 is 5.32 Å². The quantitative estimate of drug-likeness (QED) is 0.760. The van der Waals surface area contributed by atoms with Gasteiger partial charge < -0.3 is 19.7 Å². The van der Waals surface area contributed by atoms with Crippen LogP contribution >= 0.6 is 0 Å². The highest BCUT2D eigenvalue weighted by Gasteiger charge is 2.18. The second kappa shape index (κ2) is 12.2. The Morgan fingerprint density at radius 3 is 2.61 bits per heavy atom. The average Bonchev–Trinajstić information content (AvgIpc) is 2.93. The maximum atomic E-state index is 12.9. The highest BCUT2D eigenvalue weighted by atomic mass is 19.1. The lowest BCUT2D eigenvalue weighted by Gasteiger charge is -2.23. The normalized spacial score (nSPS) is 17.2. The fourth-order valence-electron chi connectivity index (χ4n) is 3.06. The van der Waals surface area contributed by atoms with Gasteiger partial charge in [-0.1, -0.05) is 18.2 Å². The van der Waals surface area contributed by atoms with Gasteiger partial charge in [-0.15, -0.1) is 0 Å². The maximum Gasteiger partial charge on any atom is 0.125 e. The highest BCUT2D eigenvalue weighted by Crippen LogP contribution is 2.13. The maximum absolute atomic E-state index is 12.9. The average molecular weight is 390 g/mol. The Morgan fingerprint density at radius 1 is 1.18 bits per heavy atom. The van der Waals surface area contributed by atoms with Crippen molar-refractivity contribution in [3.05, 3.63) is 65.7 Å². The molecule has 3 rings (SSSR count). The van der Waals surface area contributed by atoms with Crippen LogP contribution in [0.5, 0.6) is 0 Å². The van der Waals surface area contributed by atoms with Gasteiger partial charge in [0.05, 0.1) is 6.10 Å². The molecular weight excluding hydrogens is 362 g/mol. The van der Waals surface area contributed by atoms with Gasteiger partial charge in [-0.05, 0) is 48.7 Å². The number of carbonyl (C=O) groups excluding carboxylic acids is 1. The van der Waals surface area contributed by atoms with Gasteiger partial charge in [-0.2, -0.15) is 0 Å². The largest absolute Gasteiger partial charge is 0.388 e. The molecule has 0 aromatic heterocycles. The van der Waals surface area contributed by atoms with E-state index < -0.39 is 0 Å². The molecule has 1 unspecified atom stereocenters. The molecule has 1 fully saturated rings. The summed E-state index contributed by atoms with van der Waals surface area (Å²) in [7, 11) is 1.76. The molecule has 6 heteroatoms. The molecule has 1 N–H and O–H groups in total. The minimum atomic E-state index is -0.210. The van der Waals surface area contributed by atoms with Crippen molar-refractivity contribution in [2.24, 2.45) is 0 Å². The number of anilines is 1. The van der Waals surface area contributed by atoms with Gasteiger partial charge in [0.15, 0.2) is 0 Å². The van der Waals surface area contributed by atoms with Gasteiger partial charge in [0.25, 0.3) is 0 Å².